The molecule has 1 fully saturated rings. The summed E-state index contributed by atoms with van der Waals surface area (Å²) in [7, 11) is 0. The number of hydrazine groups is 1. The molecule has 4 rings (SSSR count). The molecule has 0 amide bonds. The van der Waals surface area contributed by atoms with Crippen LogP contribution in [0.2, 0.25) is 0 Å². The molecule has 1 aliphatic rings. The second-order valence-electron chi connectivity index (χ2n) is 6.62. The molecule has 0 spiro atoms. The standard InChI is InChI=1S/C19H22N6/c1-13-2-5-17-18(8-13)25(16-3-4-16)19(23-17)15-9-14(10-22-11-15)12-24(21)7-6-20/h2,5-11,16H,3-4,12,20-21H2,1H3/b7-6-. The van der Waals surface area contributed by atoms with E-state index in [0.29, 0.717) is 12.6 Å². The summed E-state index contributed by atoms with van der Waals surface area (Å²) in [6, 6.07) is 9.06. The van der Waals surface area contributed by atoms with Gasteiger partial charge in [0.05, 0.1) is 17.6 Å². The van der Waals surface area contributed by atoms with Crippen LogP contribution in [0.25, 0.3) is 22.4 Å². The number of benzene rings is 1. The highest BCUT2D eigenvalue weighted by Crippen LogP contribution is 2.41. The highest BCUT2D eigenvalue weighted by atomic mass is 15.4. The second kappa shape index (κ2) is 6.22. The molecule has 2 aromatic heterocycles. The Morgan fingerprint density at radius 1 is 1.28 bits per heavy atom. The van der Waals surface area contributed by atoms with Crippen molar-refractivity contribution in [3.8, 4) is 11.4 Å². The minimum atomic E-state index is 0.539. The molecule has 0 saturated heterocycles. The topological polar surface area (TPSA) is 86.0 Å². The second-order valence-corrected chi connectivity index (χ2v) is 6.62. The summed E-state index contributed by atoms with van der Waals surface area (Å²) in [5, 5.41) is 1.54. The normalized spacial score (nSPS) is 14.5. The van der Waals surface area contributed by atoms with Gasteiger partial charge < -0.3 is 15.3 Å². The van der Waals surface area contributed by atoms with Crippen molar-refractivity contribution in [3.63, 3.8) is 0 Å². The fourth-order valence-electron chi connectivity index (χ4n) is 3.18. The van der Waals surface area contributed by atoms with Crippen molar-refractivity contribution in [3.05, 3.63) is 60.2 Å². The predicted molar refractivity (Wildman–Crippen MR) is 99.0 cm³/mol. The highest BCUT2D eigenvalue weighted by molar-refractivity contribution is 5.81. The van der Waals surface area contributed by atoms with Gasteiger partial charge in [0, 0.05) is 36.4 Å². The highest BCUT2D eigenvalue weighted by Gasteiger charge is 2.28. The van der Waals surface area contributed by atoms with E-state index in [9.17, 15) is 0 Å². The molecule has 3 aromatic rings. The zero-order valence-electron chi connectivity index (χ0n) is 14.3. The maximum absolute atomic E-state index is 5.89. The third-order valence-electron chi connectivity index (χ3n) is 4.45. The number of aryl methyl sites for hydroxylation is 1. The summed E-state index contributed by atoms with van der Waals surface area (Å²) in [4.78, 5) is 9.28. The molecule has 25 heavy (non-hydrogen) atoms. The number of imidazole rings is 1. The number of pyridine rings is 1. The molecule has 4 N–H and O–H groups in total. The summed E-state index contributed by atoms with van der Waals surface area (Å²) >= 11 is 0. The number of aromatic nitrogens is 3. The van der Waals surface area contributed by atoms with Gasteiger partial charge in [-0.1, -0.05) is 6.07 Å². The maximum Gasteiger partial charge on any atom is 0.142 e. The number of hydrogen-bond acceptors (Lipinski definition) is 5. The quantitative estimate of drug-likeness (QED) is 0.553. The van der Waals surface area contributed by atoms with Gasteiger partial charge in [0.15, 0.2) is 0 Å². The van der Waals surface area contributed by atoms with Gasteiger partial charge in [-0.15, -0.1) is 0 Å². The minimum absolute atomic E-state index is 0.539. The van der Waals surface area contributed by atoms with Crippen molar-refractivity contribution in [1.29, 1.82) is 0 Å². The van der Waals surface area contributed by atoms with Crippen LogP contribution in [0, 0.1) is 6.92 Å². The van der Waals surface area contributed by atoms with Gasteiger partial charge in [-0.2, -0.15) is 0 Å². The molecule has 1 aromatic carbocycles. The van der Waals surface area contributed by atoms with Crippen molar-refractivity contribution in [2.45, 2.75) is 32.4 Å². The molecule has 1 aliphatic carbocycles. The molecule has 6 nitrogen and oxygen atoms in total. The van der Waals surface area contributed by atoms with E-state index < -0.39 is 0 Å². The molecule has 1 saturated carbocycles. The molecule has 0 atom stereocenters. The van der Waals surface area contributed by atoms with Crippen LogP contribution in [-0.4, -0.2) is 19.5 Å². The minimum Gasteiger partial charge on any atom is -0.403 e. The van der Waals surface area contributed by atoms with Crippen molar-refractivity contribution in [1.82, 2.24) is 19.5 Å². The Morgan fingerprint density at radius 2 is 2.12 bits per heavy atom. The number of nitrogens with two attached hydrogens (primary N) is 2. The Labute approximate surface area is 146 Å². The molecule has 0 radical (unpaired) electrons. The number of fused-ring (bicyclic) bond motifs is 1. The predicted octanol–water partition coefficient (Wildman–Crippen LogP) is 2.85. The Morgan fingerprint density at radius 3 is 2.88 bits per heavy atom. The summed E-state index contributed by atoms with van der Waals surface area (Å²) < 4.78 is 2.36. The lowest BCUT2D eigenvalue weighted by Gasteiger charge is -2.14. The molecular formula is C19H22N6. The Hall–Kier alpha value is -2.86. The van der Waals surface area contributed by atoms with E-state index in [2.05, 4.69) is 40.7 Å². The van der Waals surface area contributed by atoms with Gasteiger partial charge in [0.2, 0.25) is 0 Å². The van der Waals surface area contributed by atoms with E-state index in [1.54, 1.807) is 6.20 Å². The fourth-order valence-corrected chi connectivity index (χ4v) is 3.18. The number of nitrogens with zero attached hydrogens (tertiary/aromatic N) is 4. The Kier molecular flexibility index (Phi) is 3.89. The van der Waals surface area contributed by atoms with Gasteiger partial charge in [-0.25, -0.2) is 10.8 Å². The van der Waals surface area contributed by atoms with E-state index in [1.165, 1.54) is 35.1 Å². The third-order valence-corrected chi connectivity index (χ3v) is 4.45. The van der Waals surface area contributed by atoms with Crippen LogP contribution >= 0.6 is 0 Å². The van der Waals surface area contributed by atoms with E-state index in [1.807, 2.05) is 12.4 Å². The average molecular weight is 334 g/mol. The Balaban J connectivity index is 1.78. The first-order valence-electron chi connectivity index (χ1n) is 8.48. The van der Waals surface area contributed by atoms with Crippen molar-refractivity contribution in [2.24, 2.45) is 11.6 Å². The molecule has 0 aliphatic heterocycles. The summed E-state index contributed by atoms with van der Waals surface area (Å²) in [6.07, 6.45) is 9.16. The summed E-state index contributed by atoms with van der Waals surface area (Å²) in [5.41, 5.74) is 10.9. The first kappa shape index (κ1) is 15.7. The van der Waals surface area contributed by atoms with Crippen LogP contribution in [-0.2, 0) is 6.54 Å². The molecule has 128 valence electrons. The average Bonchev–Trinajstić information content (AvgIpc) is 3.35. The lowest BCUT2D eigenvalue weighted by Crippen LogP contribution is -2.24. The smallest absolute Gasteiger partial charge is 0.142 e. The van der Waals surface area contributed by atoms with Gasteiger partial charge in [-0.05, 0) is 49.1 Å². The molecule has 6 heteroatoms. The van der Waals surface area contributed by atoms with Crippen LogP contribution < -0.4 is 11.6 Å². The van der Waals surface area contributed by atoms with Crippen LogP contribution in [0.3, 0.4) is 0 Å². The van der Waals surface area contributed by atoms with E-state index in [4.69, 9.17) is 16.6 Å². The van der Waals surface area contributed by atoms with E-state index in [-0.39, 0.29) is 0 Å². The number of rotatable bonds is 5. The van der Waals surface area contributed by atoms with Crippen LogP contribution in [0.15, 0.2) is 49.1 Å². The van der Waals surface area contributed by atoms with Crippen LogP contribution in [0.4, 0.5) is 0 Å². The monoisotopic (exact) mass is 334 g/mol. The van der Waals surface area contributed by atoms with Gasteiger partial charge in [0.1, 0.15) is 5.82 Å². The SMILES string of the molecule is Cc1ccc2nc(-c3cncc(CN(N)/C=C\N)c3)n(C3CC3)c2c1. The van der Waals surface area contributed by atoms with Crippen molar-refractivity contribution in [2.75, 3.05) is 0 Å². The summed E-state index contributed by atoms with van der Waals surface area (Å²) in [6.45, 7) is 2.66. The number of hydrogen-bond donors (Lipinski definition) is 2. The first-order valence-corrected chi connectivity index (χ1v) is 8.48. The molecular weight excluding hydrogens is 312 g/mol. The third kappa shape index (κ3) is 3.08. The van der Waals surface area contributed by atoms with Crippen LogP contribution in [0.1, 0.15) is 30.0 Å². The van der Waals surface area contributed by atoms with Gasteiger partial charge in [-0.3, -0.25) is 4.98 Å². The zero-order chi connectivity index (χ0) is 17.4. The molecule has 0 unspecified atom stereocenters. The molecule has 0 bridgehead atoms. The maximum atomic E-state index is 5.89. The zero-order valence-corrected chi connectivity index (χ0v) is 14.3. The molecule has 2 heterocycles. The van der Waals surface area contributed by atoms with E-state index in [0.717, 1.165) is 22.5 Å². The first-order chi connectivity index (χ1) is 12.2. The largest absolute Gasteiger partial charge is 0.403 e. The van der Waals surface area contributed by atoms with Gasteiger partial charge in [0.25, 0.3) is 0 Å². The summed E-state index contributed by atoms with van der Waals surface area (Å²) in [5.74, 6) is 6.87. The van der Waals surface area contributed by atoms with Crippen molar-refractivity contribution >= 4 is 11.0 Å². The van der Waals surface area contributed by atoms with Crippen LogP contribution in [0.5, 0.6) is 0 Å². The van der Waals surface area contributed by atoms with Crippen molar-refractivity contribution < 1.29 is 0 Å². The van der Waals surface area contributed by atoms with E-state index >= 15 is 0 Å². The lowest BCUT2D eigenvalue weighted by atomic mass is 10.2. The Bertz CT molecular complexity index is 938. The fraction of sp³-hybridized carbons (Fsp3) is 0.263. The lowest BCUT2D eigenvalue weighted by molar-refractivity contribution is 0.385. The van der Waals surface area contributed by atoms with Gasteiger partial charge >= 0.3 is 0 Å².